The van der Waals surface area contributed by atoms with E-state index in [-0.39, 0.29) is 18.5 Å². The second kappa shape index (κ2) is 8.01. The van der Waals surface area contributed by atoms with E-state index in [0.717, 1.165) is 37.0 Å². The van der Waals surface area contributed by atoms with E-state index in [0.29, 0.717) is 12.5 Å². The third-order valence-corrected chi connectivity index (χ3v) is 4.61. The van der Waals surface area contributed by atoms with Gasteiger partial charge >= 0.3 is 6.18 Å². The summed E-state index contributed by atoms with van der Waals surface area (Å²) in [6.07, 6.45) is 0.223. The molecule has 1 aromatic carbocycles. The van der Waals surface area contributed by atoms with Crippen molar-refractivity contribution < 1.29 is 18.0 Å². The highest BCUT2D eigenvalue weighted by Crippen LogP contribution is 2.29. The van der Waals surface area contributed by atoms with Crippen molar-refractivity contribution in [2.24, 2.45) is 5.92 Å². The molecule has 0 bridgehead atoms. The van der Waals surface area contributed by atoms with Gasteiger partial charge in [0.05, 0.1) is 12.1 Å². The molecule has 0 saturated heterocycles. The fourth-order valence-electron chi connectivity index (χ4n) is 3.19. The Morgan fingerprint density at radius 1 is 1.21 bits per heavy atom. The Kier molecular flexibility index (Phi) is 6.27. The molecule has 2 rings (SSSR count). The molecule has 1 amide bonds. The van der Waals surface area contributed by atoms with E-state index in [4.69, 9.17) is 0 Å². The van der Waals surface area contributed by atoms with Crippen LogP contribution in [0.4, 0.5) is 13.2 Å². The SMILES string of the molecule is C[C@@H]1CCCC[C@H]1NC(=O)CN(C)Cc1ccc(C(F)(F)F)cc1. The molecule has 0 radical (unpaired) electrons. The molecule has 6 heteroatoms. The van der Waals surface area contributed by atoms with E-state index >= 15 is 0 Å². The molecule has 3 nitrogen and oxygen atoms in total. The third-order valence-electron chi connectivity index (χ3n) is 4.61. The van der Waals surface area contributed by atoms with Crippen molar-refractivity contribution in [1.29, 1.82) is 0 Å². The molecule has 0 spiro atoms. The molecule has 1 N–H and O–H groups in total. The smallest absolute Gasteiger partial charge is 0.352 e. The molecule has 24 heavy (non-hydrogen) atoms. The maximum atomic E-state index is 12.5. The van der Waals surface area contributed by atoms with E-state index in [1.165, 1.54) is 18.6 Å². The molecular formula is C18H25F3N2O. The lowest BCUT2D eigenvalue weighted by Crippen LogP contribution is -2.44. The molecule has 134 valence electrons. The quantitative estimate of drug-likeness (QED) is 0.882. The number of nitrogens with one attached hydrogen (secondary N) is 1. The van der Waals surface area contributed by atoms with Gasteiger partial charge in [-0.1, -0.05) is 31.9 Å². The Hall–Kier alpha value is -1.56. The van der Waals surface area contributed by atoms with E-state index in [2.05, 4.69) is 12.2 Å². The highest BCUT2D eigenvalue weighted by Gasteiger charge is 2.30. The lowest BCUT2D eigenvalue weighted by Gasteiger charge is -2.30. The minimum Gasteiger partial charge on any atom is -0.352 e. The highest BCUT2D eigenvalue weighted by molar-refractivity contribution is 5.78. The van der Waals surface area contributed by atoms with Crippen LogP contribution >= 0.6 is 0 Å². The third kappa shape index (κ3) is 5.51. The summed E-state index contributed by atoms with van der Waals surface area (Å²) in [5.41, 5.74) is 0.0993. The predicted octanol–water partition coefficient (Wildman–Crippen LogP) is 3.83. The largest absolute Gasteiger partial charge is 0.416 e. The topological polar surface area (TPSA) is 32.3 Å². The Bertz CT molecular complexity index is 542. The number of hydrogen-bond donors (Lipinski definition) is 1. The molecule has 1 fully saturated rings. The van der Waals surface area contributed by atoms with Crippen LogP contribution in [-0.4, -0.2) is 30.4 Å². The zero-order valence-electron chi connectivity index (χ0n) is 14.2. The number of halogens is 3. The normalized spacial score (nSPS) is 21.8. The fraction of sp³-hybridized carbons (Fsp3) is 0.611. The number of benzene rings is 1. The van der Waals surface area contributed by atoms with Gasteiger partial charge in [0.2, 0.25) is 5.91 Å². The maximum Gasteiger partial charge on any atom is 0.416 e. The number of amides is 1. The monoisotopic (exact) mass is 342 g/mol. The number of hydrogen-bond acceptors (Lipinski definition) is 2. The second-order valence-electron chi connectivity index (χ2n) is 6.80. The van der Waals surface area contributed by atoms with Crippen molar-refractivity contribution >= 4 is 5.91 Å². The summed E-state index contributed by atoms with van der Waals surface area (Å²) < 4.78 is 37.6. The molecule has 1 saturated carbocycles. The van der Waals surface area contributed by atoms with Gasteiger partial charge < -0.3 is 5.32 Å². The van der Waals surface area contributed by atoms with Gasteiger partial charge in [-0.05, 0) is 43.5 Å². The maximum absolute atomic E-state index is 12.5. The van der Waals surface area contributed by atoms with Crippen LogP contribution in [-0.2, 0) is 17.5 Å². The summed E-state index contributed by atoms with van der Waals surface area (Å²) in [6.45, 7) is 2.84. The van der Waals surface area contributed by atoms with E-state index in [9.17, 15) is 18.0 Å². The Morgan fingerprint density at radius 3 is 2.42 bits per heavy atom. The average molecular weight is 342 g/mol. The first-order valence-electron chi connectivity index (χ1n) is 8.40. The van der Waals surface area contributed by atoms with Gasteiger partial charge in [0.25, 0.3) is 0 Å². The second-order valence-corrected chi connectivity index (χ2v) is 6.80. The number of carbonyl (C=O) groups is 1. The fourth-order valence-corrected chi connectivity index (χ4v) is 3.19. The number of alkyl halides is 3. The van der Waals surface area contributed by atoms with Crippen LogP contribution in [0.15, 0.2) is 24.3 Å². The minimum absolute atomic E-state index is 0.0249. The van der Waals surface area contributed by atoms with Gasteiger partial charge in [0.15, 0.2) is 0 Å². The van der Waals surface area contributed by atoms with Gasteiger partial charge in [-0.25, -0.2) is 0 Å². The predicted molar refractivity (Wildman–Crippen MR) is 87.3 cm³/mol. The summed E-state index contributed by atoms with van der Waals surface area (Å²) >= 11 is 0. The Labute approximate surface area is 141 Å². The summed E-state index contributed by atoms with van der Waals surface area (Å²) in [5, 5.41) is 3.08. The van der Waals surface area contributed by atoms with Gasteiger partial charge in [-0.3, -0.25) is 9.69 Å². The highest BCUT2D eigenvalue weighted by atomic mass is 19.4. The molecule has 0 aromatic heterocycles. The molecule has 1 aliphatic carbocycles. The van der Waals surface area contributed by atoms with Crippen LogP contribution in [0, 0.1) is 5.92 Å². The van der Waals surface area contributed by atoms with Gasteiger partial charge in [0, 0.05) is 12.6 Å². The van der Waals surface area contributed by atoms with Crippen molar-refractivity contribution in [2.75, 3.05) is 13.6 Å². The van der Waals surface area contributed by atoms with E-state index < -0.39 is 11.7 Å². The summed E-state index contributed by atoms with van der Waals surface area (Å²) in [4.78, 5) is 14.0. The van der Waals surface area contributed by atoms with Gasteiger partial charge in [0.1, 0.15) is 0 Å². The van der Waals surface area contributed by atoms with Crippen LogP contribution in [0.3, 0.4) is 0 Å². The van der Waals surface area contributed by atoms with Crippen LogP contribution in [0.2, 0.25) is 0 Å². The van der Waals surface area contributed by atoms with Crippen molar-refractivity contribution in [3.63, 3.8) is 0 Å². The van der Waals surface area contributed by atoms with Crippen molar-refractivity contribution in [3.8, 4) is 0 Å². The van der Waals surface area contributed by atoms with Gasteiger partial charge in [-0.2, -0.15) is 13.2 Å². The Balaban J connectivity index is 1.81. The first kappa shape index (κ1) is 18.8. The number of likely N-dealkylation sites (N-methyl/N-ethyl adjacent to an activating group) is 1. The van der Waals surface area contributed by atoms with Crippen LogP contribution in [0.25, 0.3) is 0 Å². The van der Waals surface area contributed by atoms with Crippen LogP contribution < -0.4 is 5.32 Å². The number of carbonyl (C=O) groups excluding carboxylic acids is 1. The zero-order valence-corrected chi connectivity index (χ0v) is 14.2. The Morgan fingerprint density at radius 2 is 1.83 bits per heavy atom. The number of nitrogens with zero attached hydrogens (tertiary/aromatic N) is 1. The van der Waals surface area contributed by atoms with Crippen molar-refractivity contribution in [1.82, 2.24) is 10.2 Å². The van der Waals surface area contributed by atoms with Crippen molar-refractivity contribution in [3.05, 3.63) is 35.4 Å². The summed E-state index contributed by atoms with van der Waals surface area (Å²) in [5.74, 6) is 0.478. The molecule has 0 unspecified atom stereocenters. The summed E-state index contributed by atoms with van der Waals surface area (Å²) in [6, 6.07) is 5.31. The minimum atomic E-state index is -4.32. The first-order valence-corrected chi connectivity index (χ1v) is 8.40. The lowest BCUT2D eigenvalue weighted by molar-refractivity contribution is -0.137. The van der Waals surface area contributed by atoms with E-state index in [1.54, 1.807) is 7.05 Å². The first-order chi connectivity index (χ1) is 11.3. The lowest BCUT2D eigenvalue weighted by atomic mass is 9.86. The standard InChI is InChI=1S/C18H25F3N2O/c1-13-5-3-4-6-16(13)22-17(24)12-23(2)11-14-7-9-15(10-8-14)18(19,20)21/h7-10,13,16H,3-6,11-12H2,1-2H3,(H,22,24)/t13-,16-/m1/s1. The molecule has 2 atom stereocenters. The van der Waals surface area contributed by atoms with Crippen LogP contribution in [0.1, 0.15) is 43.7 Å². The van der Waals surface area contributed by atoms with Crippen molar-refractivity contribution in [2.45, 2.75) is 51.4 Å². The molecular weight excluding hydrogens is 317 g/mol. The molecule has 0 heterocycles. The summed E-state index contributed by atoms with van der Waals surface area (Å²) in [7, 11) is 1.79. The zero-order chi connectivity index (χ0) is 17.7. The van der Waals surface area contributed by atoms with E-state index in [1.807, 2.05) is 4.90 Å². The van der Waals surface area contributed by atoms with Gasteiger partial charge in [-0.15, -0.1) is 0 Å². The average Bonchev–Trinajstić information content (AvgIpc) is 2.49. The number of rotatable bonds is 5. The molecule has 0 aliphatic heterocycles. The molecule has 1 aromatic rings. The molecule has 1 aliphatic rings. The van der Waals surface area contributed by atoms with Crippen LogP contribution in [0.5, 0.6) is 0 Å².